The summed E-state index contributed by atoms with van der Waals surface area (Å²) in [5.74, 6) is 1.59. The van der Waals surface area contributed by atoms with E-state index < -0.39 is 0 Å². The SMILES string of the molecule is Cc1ccncc1C(=O)Nc1ccc(Oc2ccc(OCc3ccccc3)cc2)nc1. The number of carbonyl (C=O) groups excluding carboxylic acids is 1. The van der Waals surface area contributed by atoms with Gasteiger partial charge in [0.1, 0.15) is 18.1 Å². The molecule has 6 heteroatoms. The van der Waals surface area contributed by atoms with Crippen LogP contribution >= 0.6 is 0 Å². The van der Waals surface area contributed by atoms with Crippen molar-refractivity contribution in [2.45, 2.75) is 13.5 Å². The van der Waals surface area contributed by atoms with Crippen molar-refractivity contribution in [2.75, 3.05) is 5.32 Å². The molecule has 0 radical (unpaired) electrons. The van der Waals surface area contributed by atoms with Crippen molar-refractivity contribution in [1.82, 2.24) is 9.97 Å². The van der Waals surface area contributed by atoms with E-state index >= 15 is 0 Å². The van der Waals surface area contributed by atoms with Gasteiger partial charge in [-0.25, -0.2) is 4.98 Å². The molecular weight excluding hydrogens is 390 g/mol. The number of ether oxygens (including phenoxy) is 2. The first-order valence-corrected chi connectivity index (χ1v) is 9.80. The van der Waals surface area contributed by atoms with Gasteiger partial charge < -0.3 is 14.8 Å². The van der Waals surface area contributed by atoms with Crippen molar-refractivity contribution in [1.29, 1.82) is 0 Å². The summed E-state index contributed by atoms with van der Waals surface area (Å²) < 4.78 is 11.5. The molecule has 0 aliphatic carbocycles. The Morgan fingerprint density at radius 2 is 1.68 bits per heavy atom. The van der Waals surface area contributed by atoms with Gasteiger partial charge in [0.2, 0.25) is 5.88 Å². The summed E-state index contributed by atoms with van der Waals surface area (Å²) in [6, 6.07) is 22.6. The Bertz CT molecular complexity index is 1140. The quantitative estimate of drug-likeness (QED) is 0.440. The zero-order chi connectivity index (χ0) is 21.5. The highest BCUT2D eigenvalue weighted by molar-refractivity contribution is 6.04. The van der Waals surface area contributed by atoms with E-state index in [1.165, 1.54) is 0 Å². The van der Waals surface area contributed by atoms with Crippen LogP contribution in [0.1, 0.15) is 21.5 Å². The van der Waals surface area contributed by atoms with Crippen molar-refractivity contribution in [2.24, 2.45) is 0 Å². The maximum absolute atomic E-state index is 12.4. The molecule has 31 heavy (non-hydrogen) atoms. The van der Waals surface area contributed by atoms with Gasteiger partial charge in [-0.1, -0.05) is 30.3 Å². The second-order valence-electron chi connectivity index (χ2n) is 6.88. The lowest BCUT2D eigenvalue weighted by Crippen LogP contribution is -2.13. The lowest BCUT2D eigenvalue weighted by molar-refractivity contribution is 0.102. The number of amides is 1. The summed E-state index contributed by atoms with van der Waals surface area (Å²) >= 11 is 0. The maximum Gasteiger partial charge on any atom is 0.257 e. The first kappa shape index (κ1) is 20.1. The monoisotopic (exact) mass is 411 g/mol. The minimum Gasteiger partial charge on any atom is -0.489 e. The van der Waals surface area contributed by atoms with E-state index in [4.69, 9.17) is 9.47 Å². The maximum atomic E-state index is 12.4. The van der Waals surface area contributed by atoms with Crippen LogP contribution in [0.3, 0.4) is 0 Å². The van der Waals surface area contributed by atoms with Crippen molar-refractivity contribution in [3.05, 3.63) is 108 Å². The molecule has 0 fully saturated rings. The molecule has 2 aromatic carbocycles. The summed E-state index contributed by atoms with van der Waals surface area (Å²) in [4.78, 5) is 20.6. The van der Waals surface area contributed by atoms with Gasteiger partial charge in [0.25, 0.3) is 5.91 Å². The van der Waals surface area contributed by atoms with Gasteiger partial charge in [0.05, 0.1) is 17.4 Å². The third-order valence-electron chi connectivity index (χ3n) is 4.57. The standard InChI is InChI=1S/C25H21N3O3/c1-18-13-14-26-16-23(18)25(29)28-20-7-12-24(27-15-20)31-22-10-8-21(9-11-22)30-17-19-5-3-2-4-6-19/h2-16H,17H2,1H3,(H,28,29). The average molecular weight is 411 g/mol. The Morgan fingerprint density at radius 1 is 0.903 bits per heavy atom. The van der Waals surface area contributed by atoms with Crippen LogP contribution in [0.2, 0.25) is 0 Å². The molecular formula is C25H21N3O3. The Labute approximate surface area is 180 Å². The van der Waals surface area contributed by atoms with E-state index in [0.717, 1.165) is 16.9 Å². The second-order valence-corrected chi connectivity index (χ2v) is 6.88. The number of hydrogen-bond acceptors (Lipinski definition) is 5. The topological polar surface area (TPSA) is 73.3 Å². The van der Waals surface area contributed by atoms with Crippen LogP contribution in [0.4, 0.5) is 5.69 Å². The fourth-order valence-electron chi connectivity index (χ4n) is 2.88. The molecule has 4 rings (SSSR count). The van der Waals surface area contributed by atoms with Crippen LogP contribution in [0.25, 0.3) is 0 Å². The number of carbonyl (C=O) groups is 1. The van der Waals surface area contributed by atoms with E-state index in [-0.39, 0.29) is 5.91 Å². The molecule has 2 aromatic heterocycles. The van der Waals surface area contributed by atoms with Gasteiger partial charge >= 0.3 is 0 Å². The van der Waals surface area contributed by atoms with Gasteiger partial charge in [0.15, 0.2) is 0 Å². The van der Waals surface area contributed by atoms with E-state index in [0.29, 0.717) is 29.5 Å². The van der Waals surface area contributed by atoms with Gasteiger partial charge in [-0.3, -0.25) is 9.78 Å². The number of hydrogen-bond donors (Lipinski definition) is 1. The molecule has 0 spiro atoms. The molecule has 0 bridgehead atoms. The van der Waals surface area contributed by atoms with Crippen molar-refractivity contribution >= 4 is 11.6 Å². The molecule has 2 heterocycles. The van der Waals surface area contributed by atoms with Gasteiger partial charge in [0, 0.05) is 18.5 Å². The molecule has 0 atom stereocenters. The normalized spacial score (nSPS) is 10.4. The van der Waals surface area contributed by atoms with Crippen LogP contribution in [0.15, 0.2) is 91.4 Å². The highest BCUT2D eigenvalue weighted by atomic mass is 16.5. The second kappa shape index (κ2) is 9.54. The Morgan fingerprint density at radius 3 is 2.39 bits per heavy atom. The van der Waals surface area contributed by atoms with Gasteiger partial charge in [-0.2, -0.15) is 0 Å². The fourth-order valence-corrected chi connectivity index (χ4v) is 2.88. The molecule has 4 aromatic rings. The van der Waals surface area contributed by atoms with E-state index in [9.17, 15) is 4.79 Å². The Kier molecular flexibility index (Phi) is 6.18. The van der Waals surface area contributed by atoms with Crippen molar-refractivity contribution < 1.29 is 14.3 Å². The molecule has 1 amide bonds. The third-order valence-corrected chi connectivity index (χ3v) is 4.57. The third kappa shape index (κ3) is 5.45. The molecule has 0 saturated carbocycles. The molecule has 1 N–H and O–H groups in total. The number of pyridine rings is 2. The summed E-state index contributed by atoms with van der Waals surface area (Å²) in [5.41, 5.74) is 3.07. The van der Waals surface area contributed by atoms with Gasteiger partial charge in [-0.05, 0) is 54.4 Å². The number of nitrogens with zero attached hydrogens (tertiary/aromatic N) is 2. The number of aromatic nitrogens is 2. The van der Waals surface area contributed by atoms with Crippen LogP contribution in [-0.2, 0) is 6.61 Å². The van der Waals surface area contributed by atoms with Crippen LogP contribution < -0.4 is 14.8 Å². The number of anilines is 1. The average Bonchev–Trinajstić information content (AvgIpc) is 2.81. The Balaban J connectivity index is 1.32. The van der Waals surface area contributed by atoms with Crippen molar-refractivity contribution in [3.63, 3.8) is 0 Å². The summed E-state index contributed by atoms with van der Waals surface area (Å²) in [7, 11) is 0. The molecule has 0 unspecified atom stereocenters. The van der Waals surface area contributed by atoms with Crippen molar-refractivity contribution in [3.8, 4) is 17.4 Å². The van der Waals surface area contributed by atoms with E-state index in [1.807, 2.05) is 61.5 Å². The Hall–Kier alpha value is -4.19. The molecule has 0 aliphatic heterocycles. The first-order valence-electron chi connectivity index (χ1n) is 9.80. The van der Waals surface area contributed by atoms with Crippen LogP contribution in [0.5, 0.6) is 17.4 Å². The lowest BCUT2D eigenvalue weighted by Gasteiger charge is -2.09. The molecule has 154 valence electrons. The predicted molar refractivity (Wildman–Crippen MR) is 118 cm³/mol. The summed E-state index contributed by atoms with van der Waals surface area (Å²) in [6.45, 7) is 2.37. The molecule has 0 aliphatic rings. The number of rotatable bonds is 7. The lowest BCUT2D eigenvalue weighted by atomic mass is 10.1. The number of nitrogens with one attached hydrogen (secondary N) is 1. The predicted octanol–water partition coefficient (Wildman–Crippen LogP) is 5.41. The first-order chi connectivity index (χ1) is 15.2. The summed E-state index contributed by atoms with van der Waals surface area (Å²) in [6.07, 6.45) is 4.75. The summed E-state index contributed by atoms with van der Waals surface area (Å²) in [5, 5.41) is 2.81. The van der Waals surface area contributed by atoms with Crippen LogP contribution in [0, 0.1) is 6.92 Å². The number of benzene rings is 2. The fraction of sp³-hybridized carbons (Fsp3) is 0.0800. The molecule has 6 nitrogen and oxygen atoms in total. The largest absolute Gasteiger partial charge is 0.489 e. The van der Waals surface area contributed by atoms with E-state index in [1.54, 1.807) is 36.8 Å². The van der Waals surface area contributed by atoms with E-state index in [2.05, 4.69) is 15.3 Å². The smallest absolute Gasteiger partial charge is 0.257 e. The number of aryl methyl sites for hydroxylation is 1. The van der Waals surface area contributed by atoms with Crippen LogP contribution in [-0.4, -0.2) is 15.9 Å². The zero-order valence-electron chi connectivity index (χ0n) is 17.0. The highest BCUT2D eigenvalue weighted by Gasteiger charge is 2.09. The highest BCUT2D eigenvalue weighted by Crippen LogP contribution is 2.24. The minimum absolute atomic E-state index is 0.229. The van der Waals surface area contributed by atoms with Gasteiger partial charge in [-0.15, -0.1) is 0 Å². The minimum atomic E-state index is -0.229. The zero-order valence-corrected chi connectivity index (χ0v) is 17.0. The molecule has 0 saturated heterocycles.